The van der Waals surface area contributed by atoms with E-state index in [9.17, 15) is 14.4 Å². The van der Waals surface area contributed by atoms with Gasteiger partial charge >= 0.3 is 5.97 Å². The number of hydrazone groups is 1. The zero-order chi connectivity index (χ0) is 24.9. The molecule has 2 rings (SSSR count). The van der Waals surface area contributed by atoms with Gasteiger partial charge in [0.2, 0.25) is 0 Å². The molecule has 0 heterocycles. The second kappa shape index (κ2) is 13.3. The summed E-state index contributed by atoms with van der Waals surface area (Å²) in [7, 11) is 4.23. The van der Waals surface area contributed by atoms with Crippen molar-refractivity contribution in [2.75, 3.05) is 41.1 Å². The van der Waals surface area contributed by atoms with E-state index < -0.39 is 17.8 Å². The minimum Gasteiger partial charge on any atom is -0.493 e. The highest BCUT2D eigenvalue weighted by atomic mass is 16.6. The van der Waals surface area contributed by atoms with Crippen LogP contribution < -0.4 is 29.7 Å². The van der Waals surface area contributed by atoms with Crippen molar-refractivity contribution < 1.29 is 38.1 Å². The highest BCUT2D eigenvalue weighted by Gasteiger charge is 2.12. The number of carbonyl (C=O) groups excluding carboxylic acids is 3. The number of hydrogen-bond donors (Lipinski definition) is 2. The van der Waals surface area contributed by atoms with Crippen LogP contribution in [-0.2, 0) is 14.3 Å². The lowest BCUT2D eigenvalue weighted by Gasteiger charge is -2.11. The van der Waals surface area contributed by atoms with Gasteiger partial charge in [-0.15, -0.1) is 0 Å². The number of amides is 2. The zero-order valence-corrected chi connectivity index (χ0v) is 19.4. The molecule has 0 bridgehead atoms. The summed E-state index contributed by atoms with van der Waals surface area (Å²) in [5, 5.41) is 6.38. The first-order valence-corrected chi connectivity index (χ1v) is 10.2. The number of ether oxygens (including phenoxy) is 5. The molecule has 0 aliphatic rings. The van der Waals surface area contributed by atoms with E-state index in [0.29, 0.717) is 40.7 Å². The molecule has 11 heteroatoms. The van der Waals surface area contributed by atoms with Gasteiger partial charge in [-0.05, 0) is 48.9 Å². The van der Waals surface area contributed by atoms with Crippen LogP contribution in [-0.4, -0.2) is 65.1 Å². The Hall–Kier alpha value is -4.28. The molecule has 0 fully saturated rings. The summed E-state index contributed by atoms with van der Waals surface area (Å²) in [5.41, 5.74) is 3.26. The fraction of sp³-hybridized carbons (Fsp3) is 0.304. The van der Waals surface area contributed by atoms with Crippen LogP contribution in [0.25, 0.3) is 0 Å². The lowest BCUT2D eigenvalue weighted by Crippen LogP contribution is -2.34. The summed E-state index contributed by atoms with van der Waals surface area (Å²) >= 11 is 0. The predicted octanol–water partition coefficient (Wildman–Crippen LogP) is 1.53. The van der Waals surface area contributed by atoms with Gasteiger partial charge < -0.3 is 29.0 Å². The summed E-state index contributed by atoms with van der Waals surface area (Å²) in [5.74, 6) is 0.167. The number of nitrogens with one attached hydrogen (secondary N) is 2. The molecule has 0 aromatic heterocycles. The molecular formula is C23H27N3O8. The third-order valence-corrected chi connectivity index (χ3v) is 4.30. The van der Waals surface area contributed by atoms with Crippen molar-refractivity contribution in [1.29, 1.82) is 0 Å². The maximum absolute atomic E-state index is 12.3. The number of methoxy groups -OCH3 is 3. The average Bonchev–Trinajstić information content (AvgIpc) is 2.86. The van der Waals surface area contributed by atoms with Crippen LogP contribution in [0.15, 0.2) is 41.5 Å². The first kappa shape index (κ1) is 26.0. The molecule has 2 N–H and O–H groups in total. The lowest BCUT2D eigenvalue weighted by atomic mass is 10.2. The predicted molar refractivity (Wildman–Crippen MR) is 123 cm³/mol. The topological polar surface area (TPSA) is 134 Å². The van der Waals surface area contributed by atoms with Crippen molar-refractivity contribution in [3.63, 3.8) is 0 Å². The molecule has 0 saturated heterocycles. The van der Waals surface area contributed by atoms with Gasteiger partial charge in [0, 0.05) is 5.56 Å². The molecule has 0 radical (unpaired) electrons. The zero-order valence-electron chi connectivity index (χ0n) is 19.4. The van der Waals surface area contributed by atoms with Gasteiger partial charge in [0.15, 0.2) is 29.6 Å². The van der Waals surface area contributed by atoms with Crippen LogP contribution >= 0.6 is 0 Å². The average molecular weight is 473 g/mol. The molecule has 11 nitrogen and oxygen atoms in total. The number of esters is 1. The second-order valence-electron chi connectivity index (χ2n) is 6.55. The first-order valence-electron chi connectivity index (χ1n) is 10.2. The van der Waals surface area contributed by atoms with Gasteiger partial charge in [0.1, 0.15) is 0 Å². The lowest BCUT2D eigenvalue weighted by molar-refractivity contribution is -0.142. The minimum atomic E-state index is -0.520. The summed E-state index contributed by atoms with van der Waals surface area (Å²) < 4.78 is 25.8. The molecule has 182 valence electrons. The fourth-order valence-corrected chi connectivity index (χ4v) is 2.65. The van der Waals surface area contributed by atoms with Crippen molar-refractivity contribution >= 4 is 24.0 Å². The quantitative estimate of drug-likeness (QED) is 0.269. The third kappa shape index (κ3) is 7.69. The van der Waals surface area contributed by atoms with Gasteiger partial charge in [0.25, 0.3) is 11.8 Å². The fourth-order valence-electron chi connectivity index (χ4n) is 2.65. The third-order valence-electron chi connectivity index (χ3n) is 4.30. The van der Waals surface area contributed by atoms with Crippen molar-refractivity contribution in [2.24, 2.45) is 5.10 Å². The molecule has 2 amide bonds. The van der Waals surface area contributed by atoms with Crippen molar-refractivity contribution in [3.8, 4) is 23.0 Å². The maximum atomic E-state index is 12.3. The van der Waals surface area contributed by atoms with Crippen LogP contribution in [0.1, 0.15) is 22.8 Å². The molecule has 0 aliphatic heterocycles. The summed E-state index contributed by atoms with van der Waals surface area (Å²) in [6.45, 7) is 1.65. The standard InChI is InChI=1S/C23H27N3O8/c1-5-33-20-10-15(6-8-18(20)34-14-22(28)32-4)12-25-26-21(27)13-24-23(29)16-7-9-17(30-2)19(11-16)31-3/h6-12H,5,13-14H2,1-4H3,(H,24,29)(H,26,27). The SMILES string of the molecule is CCOc1cc(C=NNC(=O)CNC(=O)c2ccc(OC)c(OC)c2)ccc1OCC(=O)OC. The second-order valence-corrected chi connectivity index (χ2v) is 6.55. The highest BCUT2D eigenvalue weighted by molar-refractivity contribution is 5.97. The van der Waals surface area contributed by atoms with E-state index in [1.54, 1.807) is 37.3 Å². The van der Waals surface area contributed by atoms with Gasteiger partial charge in [-0.3, -0.25) is 9.59 Å². The van der Waals surface area contributed by atoms with E-state index in [1.807, 2.05) is 0 Å². The Kier molecular flexibility index (Phi) is 10.2. The summed E-state index contributed by atoms with van der Waals surface area (Å²) in [6, 6.07) is 9.59. The Morgan fingerprint density at radius 2 is 1.65 bits per heavy atom. The van der Waals surface area contributed by atoms with Crippen molar-refractivity contribution in [3.05, 3.63) is 47.5 Å². The van der Waals surface area contributed by atoms with E-state index in [0.717, 1.165) is 0 Å². The molecule has 0 atom stereocenters. The summed E-state index contributed by atoms with van der Waals surface area (Å²) in [6.07, 6.45) is 1.40. The molecular weight excluding hydrogens is 446 g/mol. The molecule has 0 aliphatic carbocycles. The largest absolute Gasteiger partial charge is 0.493 e. The Morgan fingerprint density at radius 1 is 0.912 bits per heavy atom. The van der Waals surface area contributed by atoms with E-state index in [1.165, 1.54) is 33.6 Å². The Morgan fingerprint density at radius 3 is 2.32 bits per heavy atom. The Balaban J connectivity index is 1.91. The van der Waals surface area contributed by atoms with Crippen LogP contribution in [0.3, 0.4) is 0 Å². The normalized spacial score (nSPS) is 10.4. The van der Waals surface area contributed by atoms with Crippen LogP contribution in [0.5, 0.6) is 23.0 Å². The number of carbonyl (C=O) groups is 3. The summed E-state index contributed by atoms with van der Waals surface area (Å²) in [4.78, 5) is 35.6. The van der Waals surface area contributed by atoms with Crippen LogP contribution in [0.2, 0.25) is 0 Å². The van der Waals surface area contributed by atoms with Crippen LogP contribution in [0, 0.1) is 0 Å². The molecule has 34 heavy (non-hydrogen) atoms. The number of nitrogens with zero attached hydrogens (tertiary/aromatic N) is 1. The molecule has 0 spiro atoms. The number of hydrogen-bond acceptors (Lipinski definition) is 9. The van der Waals surface area contributed by atoms with Gasteiger partial charge in [-0.2, -0.15) is 5.10 Å². The molecule has 2 aromatic rings. The number of benzene rings is 2. The van der Waals surface area contributed by atoms with Gasteiger partial charge in [0.05, 0.1) is 40.7 Å². The van der Waals surface area contributed by atoms with E-state index in [2.05, 4.69) is 20.6 Å². The Labute approximate surface area is 197 Å². The smallest absolute Gasteiger partial charge is 0.343 e. The van der Waals surface area contributed by atoms with Crippen molar-refractivity contribution in [1.82, 2.24) is 10.7 Å². The van der Waals surface area contributed by atoms with Crippen molar-refractivity contribution in [2.45, 2.75) is 6.92 Å². The van der Waals surface area contributed by atoms with Gasteiger partial charge in [-0.25, -0.2) is 10.2 Å². The molecule has 2 aromatic carbocycles. The molecule has 0 unspecified atom stereocenters. The van der Waals surface area contributed by atoms with Crippen LogP contribution in [0.4, 0.5) is 0 Å². The minimum absolute atomic E-state index is 0.255. The van der Waals surface area contributed by atoms with Gasteiger partial charge in [-0.1, -0.05) is 0 Å². The van der Waals surface area contributed by atoms with E-state index in [-0.39, 0.29) is 13.2 Å². The first-order chi connectivity index (χ1) is 16.4. The Bertz CT molecular complexity index is 1040. The van der Waals surface area contributed by atoms with E-state index in [4.69, 9.17) is 18.9 Å². The number of rotatable bonds is 12. The monoisotopic (exact) mass is 473 g/mol. The highest BCUT2D eigenvalue weighted by Crippen LogP contribution is 2.28. The van der Waals surface area contributed by atoms with E-state index >= 15 is 0 Å². The molecule has 0 saturated carbocycles. The maximum Gasteiger partial charge on any atom is 0.343 e.